The van der Waals surface area contributed by atoms with Crippen LogP contribution in [0.5, 0.6) is 0 Å². The molecule has 0 bridgehead atoms. The van der Waals surface area contributed by atoms with E-state index in [9.17, 15) is 9.90 Å². The number of thiophene rings is 1. The summed E-state index contributed by atoms with van der Waals surface area (Å²) in [6.45, 7) is 7.79. The van der Waals surface area contributed by atoms with Crippen molar-refractivity contribution in [1.29, 1.82) is 0 Å². The van der Waals surface area contributed by atoms with Gasteiger partial charge in [0.25, 0.3) is 0 Å². The summed E-state index contributed by atoms with van der Waals surface area (Å²) in [7, 11) is 0. The van der Waals surface area contributed by atoms with E-state index < -0.39 is 11.5 Å². The number of amides is 1. The quantitative estimate of drug-likeness (QED) is 0.852. The molecule has 0 aliphatic heterocycles. The van der Waals surface area contributed by atoms with Crippen molar-refractivity contribution in [1.82, 2.24) is 5.32 Å². The molecule has 0 radical (unpaired) electrons. The second kappa shape index (κ2) is 4.97. The number of nitrogens with one attached hydrogen (secondary N) is 1. The molecule has 0 aliphatic carbocycles. The summed E-state index contributed by atoms with van der Waals surface area (Å²) in [6, 6.07) is 1.97. The van der Waals surface area contributed by atoms with Crippen molar-refractivity contribution in [3.05, 3.63) is 21.9 Å². The first kappa shape index (κ1) is 13.2. The first-order valence-corrected chi connectivity index (χ1v) is 6.20. The van der Waals surface area contributed by atoms with Gasteiger partial charge in [0.15, 0.2) is 0 Å². The van der Waals surface area contributed by atoms with Crippen LogP contribution in [0, 0.1) is 12.3 Å². The lowest BCUT2D eigenvalue weighted by molar-refractivity contribution is -0.128. The Bertz CT molecular complexity index is 365. The number of aliphatic hydroxyl groups is 1. The monoisotopic (exact) mass is 241 g/mol. The van der Waals surface area contributed by atoms with E-state index in [1.54, 1.807) is 0 Å². The highest BCUT2D eigenvalue weighted by Gasteiger charge is 2.22. The minimum absolute atomic E-state index is 0.0410. The zero-order valence-electron chi connectivity index (χ0n) is 10.2. The maximum atomic E-state index is 11.6. The van der Waals surface area contributed by atoms with Gasteiger partial charge in [-0.2, -0.15) is 0 Å². The molecule has 3 nitrogen and oxygen atoms in total. The van der Waals surface area contributed by atoms with Gasteiger partial charge < -0.3 is 10.4 Å². The third kappa shape index (κ3) is 3.32. The van der Waals surface area contributed by atoms with Gasteiger partial charge in [0, 0.05) is 16.8 Å². The van der Waals surface area contributed by atoms with Crippen LogP contribution in [0.25, 0.3) is 0 Å². The van der Waals surface area contributed by atoms with Crippen molar-refractivity contribution in [2.45, 2.75) is 33.8 Å². The number of rotatable bonds is 3. The SMILES string of the molecule is Cc1ccsc1[C@@H](O)CNC(=O)C(C)(C)C. The van der Waals surface area contributed by atoms with E-state index in [2.05, 4.69) is 5.32 Å². The lowest BCUT2D eigenvalue weighted by Gasteiger charge is -2.19. The van der Waals surface area contributed by atoms with Crippen LogP contribution >= 0.6 is 11.3 Å². The van der Waals surface area contributed by atoms with Gasteiger partial charge in [-0.1, -0.05) is 20.8 Å². The Morgan fingerprint density at radius 2 is 2.19 bits per heavy atom. The van der Waals surface area contributed by atoms with Crippen LogP contribution < -0.4 is 5.32 Å². The molecule has 0 spiro atoms. The number of aryl methyl sites for hydroxylation is 1. The van der Waals surface area contributed by atoms with Crippen molar-refractivity contribution in [3.63, 3.8) is 0 Å². The zero-order valence-corrected chi connectivity index (χ0v) is 11.0. The number of carbonyl (C=O) groups excluding carboxylic acids is 1. The van der Waals surface area contributed by atoms with E-state index in [0.29, 0.717) is 0 Å². The molecule has 0 saturated carbocycles. The first-order chi connectivity index (χ1) is 7.32. The molecule has 0 aliphatic rings. The molecule has 0 aromatic carbocycles. The van der Waals surface area contributed by atoms with Gasteiger partial charge in [-0.3, -0.25) is 4.79 Å². The van der Waals surface area contributed by atoms with Crippen molar-refractivity contribution < 1.29 is 9.90 Å². The van der Waals surface area contributed by atoms with Gasteiger partial charge in [-0.15, -0.1) is 11.3 Å². The standard InChI is InChI=1S/C12H19NO2S/c1-8-5-6-16-10(8)9(14)7-13-11(15)12(2,3)4/h5-6,9,14H,7H2,1-4H3,(H,13,15)/t9-/m0/s1. The van der Waals surface area contributed by atoms with Crippen molar-refractivity contribution in [3.8, 4) is 0 Å². The largest absolute Gasteiger partial charge is 0.386 e. The van der Waals surface area contributed by atoms with Gasteiger partial charge in [-0.05, 0) is 23.9 Å². The average molecular weight is 241 g/mol. The molecule has 1 aromatic heterocycles. The Morgan fingerprint density at radius 1 is 1.56 bits per heavy atom. The van der Waals surface area contributed by atoms with Gasteiger partial charge in [-0.25, -0.2) is 0 Å². The van der Waals surface area contributed by atoms with Crippen molar-refractivity contribution in [2.75, 3.05) is 6.54 Å². The molecule has 16 heavy (non-hydrogen) atoms. The lowest BCUT2D eigenvalue weighted by Crippen LogP contribution is -2.37. The summed E-state index contributed by atoms with van der Waals surface area (Å²) < 4.78 is 0. The van der Waals surface area contributed by atoms with Gasteiger partial charge in [0.1, 0.15) is 6.10 Å². The topological polar surface area (TPSA) is 49.3 Å². The van der Waals surface area contributed by atoms with Crippen LogP contribution in [0.4, 0.5) is 0 Å². The fourth-order valence-corrected chi connectivity index (χ4v) is 2.19. The zero-order chi connectivity index (χ0) is 12.3. The van der Waals surface area contributed by atoms with E-state index in [1.165, 1.54) is 11.3 Å². The number of aliphatic hydroxyl groups excluding tert-OH is 1. The summed E-state index contributed by atoms with van der Waals surface area (Å²) >= 11 is 1.52. The van der Waals surface area contributed by atoms with Crippen LogP contribution in [0.1, 0.15) is 37.3 Å². The highest BCUT2D eigenvalue weighted by Crippen LogP contribution is 2.23. The third-order valence-electron chi connectivity index (χ3n) is 2.34. The molecular weight excluding hydrogens is 222 g/mol. The number of carbonyl (C=O) groups is 1. The Hall–Kier alpha value is -0.870. The second-order valence-corrected chi connectivity index (χ2v) is 5.89. The van der Waals surface area contributed by atoms with E-state index in [1.807, 2.05) is 39.1 Å². The van der Waals surface area contributed by atoms with E-state index >= 15 is 0 Å². The van der Waals surface area contributed by atoms with Crippen molar-refractivity contribution in [2.24, 2.45) is 5.41 Å². The third-order valence-corrected chi connectivity index (χ3v) is 3.46. The van der Waals surface area contributed by atoms with Gasteiger partial charge >= 0.3 is 0 Å². The van der Waals surface area contributed by atoms with E-state index in [4.69, 9.17) is 0 Å². The summed E-state index contributed by atoms with van der Waals surface area (Å²) in [6.07, 6.45) is -0.605. The van der Waals surface area contributed by atoms with Crippen LogP contribution in [0.2, 0.25) is 0 Å². The molecule has 0 fully saturated rings. The molecule has 4 heteroatoms. The summed E-state index contributed by atoms with van der Waals surface area (Å²) in [5, 5.41) is 14.6. The molecule has 1 atom stereocenters. The van der Waals surface area contributed by atoms with Gasteiger partial charge in [0.05, 0.1) is 0 Å². The molecule has 1 amide bonds. The average Bonchev–Trinajstić information content (AvgIpc) is 2.58. The summed E-state index contributed by atoms with van der Waals surface area (Å²) in [4.78, 5) is 12.5. The summed E-state index contributed by atoms with van der Waals surface area (Å²) in [5.41, 5.74) is 0.659. The fraction of sp³-hybridized carbons (Fsp3) is 0.583. The highest BCUT2D eigenvalue weighted by atomic mass is 32.1. The molecule has 1 rings (SSSR count). The van der Waals surface area contributed by atoms with Crippen LogP contribution in [-0.2, 0) is 4.79 Å². The Kier molecular flexibility index (Phi) is 4.10. The van der Waals surface area contributed by atoms with Crippen LogP contribution in [-0.4, -0.2) is 17.6 Å². The highest BCUT2D eigenvalue weighted by molar-refractivity contribution is 7.10. The first-order valence-electron chi connectivity index (χ1n) is 5.32. The molecule has 90 valence electrons. The molecule has 1 aromatic rings. The number of hydrogen-bond donors (Lipinski definition) is 2. The van der Waals surface area contributed by atoms with E-state index in [-0.39, 0.29) is 12.5 Å². The lowest BCUT2D eigenvalue weighted by atomic mass is 9.95. The van der Waals surface area contributed by atoms with Crippen LogP contribution in [0.15, 0.2) is 11.4 Å². The van der Waals surface area contributed by atoms with Crippen molar-refractivity contribution >= 4 is 17.2 Å². The summed E-state index contributed by atoms with van der Waals surface area (Å²) in [5.74, 6) is -0.0410. The maximum Gasteiger partial charge on any atom is 0.225 e. The smallest absolute Gasteiger partial charge is 0.225 e. The predicted octanol–water partition coefficient (Wildman–Crippen LogP) is 2.25. The molecule has 1 heterocycles. The minimum atomic E-state index is -0.605. The Morgan fingerprint density at radius 3 is 2.62 bits per heavy atom. The predicted molar refractivity (Wildman–Crippen MR) is 66.5 cm³/mol. The van der Waals surface area contributed by atoms with E-state index in [0.717, 1.165) is 10.4 Å². The normalized spacial score (nSPS) is 13.6. The van der Waals surface area contributed by atoms with Gasteiger partial charge in [0.2, 0.25) is 5.91 Å². The molecular formula is C12H19NO2S. The maximum absolute atomic E-state index is 11.6. The molecule has 0 saturated heterocycles. The Balaban J connectivity index is 2.51. The second-order valence-electron chi connectivity index (χ2n) is 4.94. The molecule has 0 unspecified atom stereocenters. The van der Waals surface area contributed by atoms with Crippen LogP contribution in [0.3, 0.4) is 0 Å². The minimum Gasteiger partial charge on any atom is -0.386 e. The fourth-order valence-electron chi connectivity index (χ4n) is 1.27. The Labute approximate surface area is 100 Å². The molecule has 2 N–H and O–H groups in total. The number of hydrogen-bond acceptors (Lipinski definition) is 3.